The Morgan fingerprint density at radius 1 is 0.783 bits per heavy atom. The molecule has 7 nitrogen and oxygen atoms in total. The molecule has 0 N–H and O–H groups in total. The second-order valence-corrected chi connectivity index (χ2v) is 4.74. The lowest BCUT2D eigenvalue weighted by Gasteiger charge is -2.00. The molecule has 110 valence electrons. The van der Waals surface area contributed by atoms with Crippen molar-refractivity contribution in [3.8, 4) is 28.6 Å². The Balaban J connectivity index is 1.71. The fourth-order valence-electron chi connectivity index (χ4n) is 2.13. The molecule has 0 aliphatic rings. The molecule has 0 fully saturated rings. The van der Waals surface area contributed by atoms with Crippen LogP contribution in [0.5, 0.6) is 0 Å². The molecular weight excluding hydrogens is 290 g/mol. The van der Waals surface area contributed by atoms with E-state index in [9.17, 15) is 0 Å². The van der Waals surface area contributed by atoms with Gasteiger partial charge in [-0.05, 0) is 30.3 Å². The summed E-state index contributed by atoms with van der Waals surface area (Å²) in [5.74, 6) is 0.578. The van der Waals surface area contributed by atoms with Crippen molar-refractivity contribution in [1.82, 2.24) is 34.9 Å². The minimum absolute atomic E-state index is 0.578. The molecule has 0 amide bonds. The largest absolute Gasteiger partial charge is 0.262 e. The maximum atomic E-state index is 4.56. The number of hydrogen-bond acceptors (Lipinski definition) is 6. The third-order valence-electron chi connectivity index (χ3n) is 3.21. The van der Waals surface area contributed by atoms with Gasteiger partial charge in [-0.2, -0.15) is 0 Å². The summed E-state index contributed by atoms with van der Waals surface area (Å²) in [7, 11) is 0. The first kappa shape index (κ1) is 13.2. The van der Waals surface area contributed by atoms with E-state index in [1.807, 2.05) is 36.5 Å². The number of aromatic nitrogens is 7. The topological polar surface area (TPSA) is 82.3 Å². The first-order valence-electron chi connectivity index (χ1n) is 6.98. The van der Waals surface area contributed by atoms with Crippen molar-refractivity contribution in [1.29, 1.82) is 0 Å². The summed E-state index contributed by atoms with van der Waals surface area (Å²) in [4.78, 5) is 17.1. The van der Waals surface area contributed by atoms with Gasteiger partial charge in [-0.3, -0.25) is 4.98 Å². The summed E-state index contributed by atoms with van der Waals surface area (Å²) in [6.07, 6.45) is 8.63. The molecule has 0 saturated heterocycles. The van der Waals surface area contributed by atoms with Crippen LogP contribution in [-0.4, -0.2) is 34.9 Å². The highest BCUT2D eigenvalue weighted by Gasteiger charge is 2.09. The molecule has 0 unspecified atom stereocenters. The second-order valence-electron chi connectivity index (χ2n) is 4.74. The van der Waals surface area contributed by atoms with E-state index in [1.165, 1.54) is 0 Å². The minimum Gasteiger partial charge on any atom is -0.262 e. The van der Waals surface area contributed by atoms with E-state index in [0.717, 1.165) is 5.69 Å². The van der Waals surface area contributed by atoms with E-state index in [4.69, 9.17) is 0 Å². The zero-order valence-electron chi connectivity index (χ0n) is 12.0. The maximum absolute atomic E-state index is 4.56. The summed E-state index contributed by atoms with van der Waals surface area (Å²) in [5.41, 5.74) is 2.92. The van der Waals surface area contributed by atoms with Crippen LogP contribution in [0.2, 0.25) is 0 Å². The first-order chi connectivity index (χ1) is 11.4. The van der Waals surface area contributed by atoms with Crippen LogP contribution in [0.4, 0.5) is 0 Å². The van der Waals surface area contributed by atoms with Gasteiger partial charge in [0.05, 0.1) is 23.8 Å². The number of hydrogen-bond donors (Lipinski definition) is 0. The molecule has 0 saturated carbocycles. The predicted octanol–water partition coefficient (Wildman–Crippen LogP) is 2.18. The van der Waals surface area contributed by atoms with E-state index >= 15 is 0 Å². The van der Waals surface area contributed by atoms with Gasteiger partial charge >= 0.3 is 0 Å². The second kappa shape index (κ2) is 5.72. The zero-order valence-corrected chi connectivity index (χ0v) is 12.0. The molecule has 0 radical (unpaired) electrons. The van der Waals surface area contributed by atoms with Crippen LogP contribution in [0.15, 0.2) is 67.4 Å². The van der Waals surface area contributed by atoms with E-state index in [0.29, 0.717) is 22.9 Å². The van der Waals surface area contributed by atoms with Gasteiger partial charge in [0.15, 0.2) is 5.82 Å². The average Bonchev–Trinajstić information content (AvgIpc) is 3.14. The molecule has 4 rings (SSSR count). The monoisotopic (exact) mass is 301 g/mol. The van der Waals surface area contributed by atoms with Gasteiger partial charge in [0.2, 0.25) is 0 Å². The summed E-state index contributed by atoms with van der Waals surface area (Å²) < 4.78 is 1.66. The fourth-order valence-corrected chi connectivity index (χ4v) is 2.13. The quantitative estimate of drug-likeness (QED) is 0.577. The van der Waals surface area contributed by atoms with Gasteiger partial charge in [0.1, 0.15) is 11.4 Å². The summed E-state index contributed by atoms with van der Waals surface area (Å²) in [6.45, 7) is 0. The van der Waals surface area contributed by atoms with Crippen LogP contribution in [0.25, 0.3) is 28.6 Å². The van der Waals surface area contributed by atoms with Crippen molar-refractivity contribution in [3.05, 3.63) is 67.4 Å². The SMILES string of the molecule is c1cnc(-c2cccc(-c3cn(-c4cccnc4)nn3)n2)nc1. The third kappa shape index (κ3) is 2.67. The lowest BCUT2D eigenvalue weighted by molar-refractivity contribution is 0.800. The third-order valence-corrected chi connectivity index (χ3v) is 3.21. The molecular formula is C16H11N7. The lowest BCUT2D eigenvalue weighted by Crippen LogP contribution is -1.94. The maximum Gasteiger partial charge on any atom is 0.178 e. The number of rotatable bonds is 3. The Hall–Kier alpha value is -3.48. The summed E-state index contributed by atoms with van der Waals surface area (Å²) >= 11 is 0. The van der Waals surface area contributed by atoms with Crippen molar-refractivity contribution in [3.63, 3.8) is 0 Å². The molecule has 4 aromatic rings. The van der Waals surface area contributed by atoms with Gasteiger partial charge in [-0.15, -0.1) is 5.10 Å². The summed E-state index contributed by atoms with van der Waals surface area (Å²) in [6, 6.07) is 11.2. The molecule has 4 aromatic heterocycles. The molecule has 7 heteroatoms. The molecule has 0 spiro atoms. The Bertz CT molecular complexity index is 919. The Labute approximate surface area is 131 Å². The van der Waals surface area contributed by atoms with Crippen LogP contribution in [0, 0.1) is 0 Å². The van der Waals surface area contributed by atoms with E-state index in [1.54, 1.807) is 35.5 Å². The van der Waals surface area contributed by atoms with E-state index < -0.39 is 0 Å². The fraction of sp³-hybridized carbons (Fsp3) is 0. The highest BCUT2D eigenvalue weighted by Crippen LogP contribution is 2.19. The first-order valence-corrected chi connectivity index (χ1v) is 6.98. The van der Waals surface area contributed by atoms with Gasteiger partial charge in [0, 0.05) is 18.6 Å². The molecule has 0 aliphatic carbocycles. The highest BCUT2D eigenvalue weighted by atomic mass is 15.4. The van der Waals surface area contributed by atoms with Gasteiger partial charge in [-0.1, -0.05) is 11.3 Å². The van der Waals surface area contributed by atoms with Crippen molar-refractivity contribution in [2.75, 3.05) is 0 Å². The Morgan fingerprint density at radius 3 is 2.48 bits per heavy atom. The standard InChI is InChI=1S/C16H11N7/c1-5-13(20-14(6-1)16-18-8-3-9-19-16)15-11-23(22-21-15)12-4-2-7-17-10-12/h1-11H. The molecule has 23 heavy (non-hydrogen) atoms. The molecule has 0 aliphatic heterocycles. The predicted molar refractivity (Wildman–Crippen MR) is 83.4 cm³/mol. The van der Waals surface area contributed by atoms with Crippen molar-refractivity contribution >= 4 is 0 Å². The van der Waals surface area contributed by atoms with E-state index in [2.05, 4.69) is 30.2 Å². The van der Waals surface area contributed by atoms with Crippen molar-refractivity contribution < 1.29 is 0 Å². The van der Waals surface area contributed by atoms with Gasteiger partial charge in [-0.25, -0.2) is 19.6 Å². The Morgan fingerprint density at radius 2 is 1.65 bits per heavy atom. The molecule has 0 bridgehead atoms. The van der Waals surface area contributed by atoms with Crippen LogP contribution in [-0.2, 0) is 0 Å². The van der Waals surface area contributed by atoms with Gasteiger partial charge in [0.25, 0.3) is 0 Å². The van der Waals surface area contributed by atoms with Crippen LogP contribution >= 0.6 is 0 Å². The Kier molecular flexibility index (Phi) is 3.28. The van der Waals surface area contributed by atoms with Crippen LogP contribution < -0.4 is 0 Å². The minimum atomic E-state index is 0.578. The smallest absolute Gasteiger partial charge is 0.178 e. The van der Waals surface area contributed by atoms with Crippen LogP contribution in [0.3, 0.4) is 0 Å². The average molecular weight is 301 g/mol. The van der Waals surface area contributed by atoms with Crippen molar-refractivity contribution in [2.24, 2.45) is 0 Å². The normalized spacial score (nSPS) is 10.6. The number of pyridine rings is 2. The highest BCUT2D eigenvalue weighted by molar-refractivity contribution is 5.59. The van der Waals surface area contributed by atoms with E-state index in [-0.39, 0.29) is 0 Å². The summed E-state index contributed by atoms with van der Waals surface area (Å²) in [5, 5.41) is 8.30. The molecule has 0 atom stereocenters. The lowest BCUT2D eigenvalue weighted by atomic mass is 10.2. The number of nitrogens with zero attached hydrogens (tertiary/aromatic N) is 7. The van der Waals surface area contributed by atoms with Crippen molar-refractivity contribution in [2.45, 2.75) is 0 Å². The molecule has 4 heterocycles. The van der Waals surface area contributed by atoms with Crippen LogP contribution in [0.1, 0.15) is 0 Å². The molecule has 0 aromatic carbocycles. The van der Waals surface area contributed by atoms with Gasteiger partial charge < -0.3 is 0 Å². The zero-order chi connectivity index (χ0) is 15.5.